The molecule has 2 amide bonds. The third-order valence-electron chi connectivity index (χ3n) is 3.22. The van der Waals surface area contributed by atoms with Crippen molar-refractivity contribution >= 4 is 23.3 Å². The van der Waals surface area contributed by atoms with Crippen LogP contribution in [0.15, 0.2) is 16.8 Å². The number of aliphatic carboxylic acids is 1. The summed E-state index contributed by atoms with van der Waals surface area (Å²) in [4.78, 5) is 22.6. The molecule has 0 fully saturated rings. The van der Waals surface area contributed by atoms with Crippen molar-refractivity contribution in [1.29, 1.82) is 0 Å². The molecule has 6 heteroatoms. The lowest BCUT2D eigenvalue weighted by atomic mass is 9.88. The Bertz CT molecular complexity index is 420. The van der Waals surface area contributed by atoms with E-state index in [1.165, 1.54) is 5.56 Å². The number of rotatable bonds is 7. The van der Waals surface area contributed by atoms with Gasteiger partial charge in [0.25, 0.3) is 0 Å². The average molecular weight is 284 g/mol. The zero-order valence-electron chi connectivity index (χ0n) is 11.2. The molecule has 1 aromatic heterocycles. The van der Waals surface area contributed by atoms with Crippen molar-refractivity contribution in [3.63, 3.8) is 0 Å². The van der Waals surface area contributed by atoms with Gasteiger partial charge in [0.2, 0.25) is 0 Å². The number of carbonyl (C=O) groups is 2. The molecule has 19 heavy (non-hydrogen) atoms. The van der Waals surface area contributed by atoms with E-state index in [1.54, 1.807) is 25.2 Å². The number of thiophene rings is 1. The minimum Gasteiger partial charge on any atom is -0.481 e. The van der Waals surface area contributed by atoms with Crippen LogP contribution in [-0.2, 0) is 11.2 Å². The van der Waals surface area contributed by atoms with Crippen LogP contribution in [0.1, 0.15) is 25.8 Å². The van der Waals surface area contributed by atoms with Crippen molar-refractivity contribution in [2.45, 2.75) is 26.7 Å². The largest absolute Gasteiger partial charge is 0.481 e. The average Bonchev–Trinajstić information content (AvgIpc) is 2.89. The van der Waals surface area contributed by atoms with Gasteiger partial charge in [0.1, 0.15) is 0 Å². The first-order valence-corrected chi connectivity index (χ1v) is 7.18. The Morgan fingerprint density at radius 1 is 1.42 bits per heavy atom. The molecule has 1 unspecified atom stereocenters. The summed E-state index contributed by atoms with van der Waals surface area (Å²) in [7, 11) is 0. The van der Waals surface area contributed by atoms with Crippen molar-refractivity contribution in [3.8, 4) is 0 Å². The quantitative estimate of drug-likeness (QED) is 0.717. The number of carbonyl (C=O) groups excluding carboxylic acids is 1. The summed E-state index contributed by atoms with van der Waals surface area (Å²) in [6.07, 6.45) is 1.25. The summed E-state index contributed by atoms with van der Waals surface area (Å²) in [5.74, 6) is -0.895. The zero-order chi connectivity index (χ0) is 14.3. The van der Waals surface area contributed by atoms with Gasteiger partial charge in [0.15, 0.2) is 0 Å². The highest BCUT2D eigenvalue weighted by atomic mass is 32.1. The predicted octanol–water partition coefficient (Wildman–Crippen LogP) is 2.09. The van der Waals surface area contributed by atoms with E-state index in [4.69, 9.17) is 5.11 Å². The van der Waals surface area contributed by atoms with Gasteiger partial charge < -0.3 is 15.7 Å². The summed E-state index contributed by atoms with van der Waals surface area (Å²) in [5.41, 5.74) is 0.277. The monoisotopic (exact) mass is 284 g/mol. The van der Waals surface area contributed by atoms with E-state index in [0.717, 1.165) is 6.42 Å². The van der Waals surface area contributed by atoms with Crippen LogP contribution in [0.5, 0.6) is 0 Å². The normalized spacial score (nSPS) is 13.6. The van der Waals surface area contributed by atoms with E-state index in [9.17, 15) is 9.59 Å². The molecular weight excluding hydrogens is 264 g/mol. The maximum absolute atomic E-state index is 11.5. The van der Waals surface area contributed by atoms with Gasteiger partial charge in [-0.1, -0.05) is 6.92 Å². The summed E-state index contributed by atoms with van der Waals surface area (Å²) in [5, 5.41) is 18.4. The summed E-state index contributed by atoms with van der Waals surface area (Å²) < 4.78 is 0. The fourth-order valence-electron chi connectivity index (χ4n) is 1.44. The van der Waals surface area contributed by atoms with Gasteiger partial charge in [-0.25, -0.2) is 4.79 Å². The minimum atomic E-state index is -0.912. The second kappa shape index (κ2) is 7.13. The molecule has 0 aliphatic heterocycles. The maximum Gasteiger partial charge on any atom is 0.314 e. The number of nitrogens with one attached hydrogen (secondary N) is 2. The number of carboxylic acids is 1. The van der Waals surface area contributed by atoms with Crippen molar-refractivity contribution in [2.24, 2.45) is 5.41 Å². The van der Waals surface area contributed by atoms with Crippen LogP contribution in [0.2, 0.25) is 0 Å². The minimum absolute atomic E-state index is 0.128. The highest BCUT2D eigenvalue weighted by Gasteiger charge is 2.31. The van der Waals surface area contributed by atoms with Crippen LogP contribution in [0.25, 0.3) is 0 Å². The Labute approximate surface area is 117 Å². The first kappa shape index (κ1) is 15.5. The molecule has 0 aliphatic carbocycles. The van der Waals surface area contributed by atoms with E-state index in [2.05, 4.69) is 10.6 Å². The molecule has 0 bridgehead atoms. The standard InChI is InChI=1S/C13H20N2O3S/c1-3-13(2,11(16)17)9-15-12(18)14-6-4-10-5-7-19-8-10/h5,7-8H,3-4,6,9H2,1-2H3,(H,16,17)(H2,14,15,18). The number of hydrogen-bond donors (Lipinski definition) is 3. The van der Waals surface area contributed by atoms with E-state index in [0.29, 0.717) is 13.0 Å². The molecule has 106 valence electrons. The lowest BCUT2D eigenvalue weighted by Crippen LogP contribution is -2.45. The number of urea groups is 1. The first-order chi connectivity index (χ1) is 8.98. The Morgan fingerprint density at radius 2 is 2.16 bits per heavy atom. The molecule has 0 aliphatic rings. The van der Waals surface area contributed by atoms with E-state index < -0.39 is 11.4 Å². The lowest BCUT2D eigenvalue weighted by Gasteiger charge is -2.23. The summed E-state index contributed by atoms with van der Waals surface area (Å²) >= 11 is 1.62. The number of hydrogen-bond acceptors (Lipinski definition) is 3. The lowest BCUT2D eigenvalue weighted by molar-refractivity contribution is -0.147. The van der Waals surface area contributed by atoms with Crippen molar-refractivity contribution in [2.75, 3.05) is 13.1 Å². The highest BCUT2D eigenvalue weighted by molar-refractivity contribution is 7.07. The Morgan fingerprint density at radius 3 is 2.68 bits per heavy atom. The molecule has 0 saturated carbocycles. The van der Waals surface area contributed by atoms with Crippen molar-refractivity contribution < 1.29 is 14.7 Å². The van der Waals surface area contributed by atoms with Gasteiger partial charge in [0, 0.05) is 13.1 Å². The molecular formula is C13H20N2O3S. The van der Waals surface area contributed by atoms with Crippen LogP contribution in [0.3, 0.4) is 0 Å². The third-order valence-corrected chi connectivity index (χ3v) is 3.95. The van der Waals surface area contributed by atoms with E-state index >= 15 is 0 Å². The van der Waals surface area contributed by atoms with Crippen LogP contribution in [0, 0.1) is 5.41 Å². The Kier molecular flexibility index (Phi) is 5.82. The Hall–Kier alpha value is -1.56. The van der Waals surface area contributed by atoms with Crippen LogP contribution in [-0.4, -0.2) is 30.2 Å². The second-order valence-corrected chi connectivity index (χ2v) is 5.49. The molecule has 0 aromatic carbocycles. The van der Waals surface area contributed by atoms with Crippen LogP contribution in [0.4, 0.5) is 4.79 Å². The van der Waals surface area contributed by atoms with Crippen molar-refractivity contribution in [1.82, 2.24) is 10.6 Å². The number of carboxylic acid groups (broad SMARTS) is 1. The van der Waals surface area contributed by atoms with Crippen LogP contribution < -0.4 is 10.6 Å². The van der Waals surface area contributed by atoms with Gasteiger partial charge in [0.05, 0.1) is 5.41 Å². The van der Waals surface area contributed by atoms with E-state index in [-0.39, 0.29) is 12.6 Å². The fraction of sp³-hybridized carbons (Fsp3) is 0.538. The highest BCUT2D eigenvalue weighted by Crippen LogP contribution is 2.19. The third kappa shape index (κ3) is 4.90. The van der Waals surface area contributed by atoms with Gasteiger partial charge in [-0.2, -0.15) is 11.3 Å². The van der Waals surface area contributed by atoms with Gasteiger partial charge >= 0.3 is 12.0 Å². The molecule has 0 radical (unpaired) electrons. The van der Waals surface area contributed by atoms with Crippen LogP contribution >= 0.6 is 11.3 Å². The summed E-state index contributed by atoms with van der Waals surface area (Å²) in [6.45, 7) is 4.09. The molecule has 1 aromatic rings. The molecule has 0 saturated heterocycles. The molecule has 3 N–H and O–H groups in total. The first-order valence-electron chi connectivity index (χ1n) is 6.24. The van der Waals surface area contributed by atoms with Gasteiger partial charge in [-0.3, -0.25) is 4.79 Å². The van der Waals surface area contributed by atoms with E-state index in [1.807, 2.05) is 16.8 Å². The van der Waals surface area contributed by atoms with Gasteiger partial charge in [-0.05, 0) is 42.2 Å². The van der Waals surface area contributed by atoms with Crippen molar-refractivity contribution in [3.05, 3.63) is 22.4 Å². The topological polar surface area (TPSA) is 78.4 Å². The second-order valence-electron chi connectivity index (χ2n) is 4.71. The summed E-state index contributed by atoms with van der Waals surface area (Å²) in [6, 6.07) is 1.69. The molecule has 1 rings (SSSR count). The number of amides is 2. The molecule has 1 heterocycles. The molecule has 5 nitrogen and oxygen atoms in total. The SMILES string of the molecule is CCC(C)(CNC(=O)NCCc1ccsc1)C(=O)O. The fourth-order valence-corrected chi connectivity index (χ4v) is 2.15. The Balaban J connectivity index is 2.26. The predicted molar refractivity (Wildman–Crippen MR) is 75.5 cm³/mol. The zero-order valence-corrected chi connectivity index (χ0v) is 12.0. The molecule has 1 atom stereocenters. The maximum atomic E-state index is 11.5. The molecule has 0 spiro atoms. The van der Waals surface area contributed by atoms with Gasteiger partial charge in [-0.15, -0.1) is 0 Å². The smallest absolute Gasteiger partial charge is 0.314 e.